The highest BCUT2D eigenvalue weighted by Gasteiger charge is 2.11. The zero-order valence-electron chi connectivity index (χ0n) is 16.0. The minimum absolute atomic E-state index is 0.142. The number of nitrogens with zero attached hydrogens (tertiary/aromatic N) is 5. The zero-order chi connectivity index (χ0) is 20.8. The van der Waals surface area contributed by atoms with Crippen LogP contribution in [-0.2, 0) is 17.8 Å². The molecule has 0 aliphatic rings. The Morgan fingerprint density at radius 2 is 2.00 bits per heavy atom. The van der Waals surface area contributed by atoms with Crippen molar-refractivity contribution in [1.82, 2.24) is 24.9 Å². The average Bonchev–Trinajstić information content (AvgIpc) is 3.39. The number of benzene rings is 1. The van der Waals surface area contributed by atoms with Gasteiger partial charge < -0.3 is 9.84 Å². The van der Waals surface area contributed by atoms with Gasteiger partial charge in [-0.2, -0.15) is 10.1 Å². The van der Waals surface area contributed by atoms with Gasteiger partial charge in [0.05, 0.1) is 12.2 Å². The van der Waals surface area contributed by atoms with Gasteiger partial charge in [-0.3, -0.25) is 14.5 Å². The normalized spacial score (nSPS) is 10.8. The van der Waals surface area contributed by atoms with Crippen LogP contribution in [0.25, 0.3) is 11.4 Å². The Kier molecular flexibility index (Phi) is 5.88. The van der Waals surface area contributed by atoms with Crippen LogP contribution in [0.4, 0.5) is 10.2 Å². The number of carbonyl (C=O) groups is 1. The van der Waals surface area contributed by atoms with E-state index in [1.807, 2.05) is 18.2 Å². The lowest BCUT2D eigenvalue weighted by Gasteiger charge is -2.02. The fourth-order valence-corrected chi connectivity index (χ4v) is 2.85. The minimum Gasteiger partial charge on any atom is -0.339 e. The number of carbonyl (C=O) groups excluding carboxylic acids is 1. The van der Waals surface area contributed by atoms with E-state index in [4.69, 9.17) is 4.52 Å². The van der Waals surface area contributed by atoms with Gasteiger partial charge in [-0.15, -0.1) is 0 Å². The molecule has 0 fully saturated rings. The molecule has 4 aromatic rings. The number of nitrogens with one attached hydrogen (secondary N) is 1. The molecule has 1 aromatic carbocycles. The molecule has 0 unspecified atom stereocenters. The van der Waals surface area contributed by atoms with E-state index in [2.05, 4.69) is 25.5 Å². The van der Waals surface area contributed by atoms with Crippen LogP contribution in [0.3, 0.4) is 0 Å². The number of halogens is 1. The molecule has 8 nitrogen and oxygen atoms in total. The SMILES string of the molecule is O=C(CCCc1nc(-c2ccc(F)cc2)no1)Nc1ccn(Cc2ccccn2)n1. The van der Waals surface area contributed by atoms with Gasteiger partial charge in [0.1, 0.15) is 5.82 Å². The summed E-state index contributed by atoms with van der Waals surface area (Å²) in [4.78, 5) is 20.7. The first kappa shape index (κ1) is 19.4. The van der Waals surface area contributed by atoms with Crippen LogP contribution in [0.15, 0.2) is 65.4 Å². The number of pyridine rings is 1. The van der Waals surface area contributed by atoms with Crippen LogP contribution in [0, 0.1) is 5.82 Å². The van der Waals surface area contributed by atoms with Gasteiger partial charge in [0.15, 0.2) is 5.82 Å². The van der Waals surface area contributed by atoms with Crippen LogP contribution < -0.4 is 5.32 Å². The van der Waals surface area contributed by atoms with Crippen molar-refractivity contribution in [2.24, 2.45) is 0 Å². The second-order valence-electron chi connectivity index (χ2n) is 6.64. The molecule has 0 bridgehead atoms. The van der Waals surface area contributed by atoms with Gasteiger partial charge in [-0.1, -0.05) is 11.2 Å². The van der Waals surface area contributed by atoms with Crippen molar-refractivity contribution in [3.63, 3.8) is 0 Å². The van der Waals surface area contributed by atoms with Crippen molar-refractivity contribution in [2.75, 3.05) is 5.32 Å². The molecule has 4 rings (SSSR count). The topological polar surface area (TPSA) is 98.7 Å². The summed E-state index contributed by atoms with van der Waals surface area (Å²) in [5, 5.41) is 11.0. The number of amides is 1. The van der Waals surface area contributed by atoms with Crippen LogP contribution in [0.5, 0.6) is 0 Å². The Bertz CT molecular complexity index is 1110. The molecule has 0 saturated heterocycles. The fraction of sp³-hybridized carbons (Fsp3) is 0.190. The molecule has 0 aliphatic carbocycles. The smallest absolute Gasteiger partial charge is 0.226 e. The largest absolute Gasteiger partial charge is 0.339 e. The van der Waals surface area contributed by atoms with Crippen molar-refractivity contribution in [1.29, 1.82) is 0 Å². The Morgan fingerprint density at radius 1 is 1.13 bits per heavy atom. The summed E-state index contributed by atoms with van der Waals surface area (Å²) in [7, 11) is 0. The number of aromatic nitrogens is 5. The highest BCUT2D eigenvalue weighted by atomic mass is 19.1. The van der Waals surface area contributed by atoms with Crippen LogP contribution in [0.1, 0.15) is 24.4 Å². The van der Waals surface area contributed by atoms with Gasteiger partial charge in [0.2, 0.25) is 17.6 Å². The maximum absolute atomic E-state index is 13.0. The van der Waals surface area contributed by atoms with Crippen LogP contribution in [-0.4, -0.2) is 30.8 Å². The third-order valence-corrected chi connectivity index (χ3v) is 4.32. The highest BCUT2D eigenvalue weighted by molar-refractivity contribution is 5.89. The summed E-state index contributed by atoms with van der Waals surface area (Å²) in [6.07, 6.45) is 4.83. The summed E-state index contributed by atoms with van der Waals surface area (Å²) < 4.78 is 19.9. The summed E-state index contributed by atoms with van der Waals surface area (Å²) in [5.41, 5.74) is 1.56. The van der Waals surface area contributed by atoms with Gasteiger partial charge in [0.25, 0.3) is 0 Å². The summed E-state index contributed by atoms with van der Waals surface area (Å²) in [6.45, 7) is 0.532. The van der Waals surface area contributed by atoms with Crippen molar-refractivity contribution in [3.8, 4) is 11.4 Å². The summed E-state index contributed by atoms with van der Waals surface area (Å²) in [5.74, 6) is 0.855. The maximum atomic E-state index is 13.0. The van der Waals surface area contributed by atoms with E-state index in [0.29, 0.717) is 48.9 Å². The molecule has 9 heteroatoms. The Hall–Kier alpha value is -3.88. The van der Waals surface area contributed by atoms with E-state index in [0.717, 1.165) is 5.69 Å². The van der Waals surface area contributed by atoms with E-state index in [1.54, 1.807) is 35.3 Å². The first-order valence-electron chi connectivity index (χ1n) is 9.47. The lowest BCUT2D eigenvalue weighted by Crippen LogP contribution is -2.12. The van der Waals surface area contributed by atoms with Gasteiger partial charge in [-0.25, -0.2) is 4.39 Å². The van der Waals surface area contributed by atoms with Gasteiger partial charge in [-0.05, 0) is 42.8 Å². The molecule has 3 heterocycles. The van der Waals surface area contributed by atoms with Gasteiger partial charge >= 0.3 is 0 Å². The molecule has 1 amide bonds. The minimum atomic E-state index is -0.324. The number of hydrogen-bond donors (Lipinski definition) is 1. The van der Waals surface area contributed by atoms with Crippen LogP contribution in [0.2, 0.25) is 0 Å². The molecule has 0 spiro atoms. The number of hydrogen-bond acceptors (Lipinski definition) is 6. The number of rotatable bonds is 8. The Balaban J connectivity index is 1.23. The monoisotopic (exact) mass is 406 g/mol. The number of aryl methyl sites for hydroxylation is 1. The fourth-order valence-electron chi connectivity index (χ4n) is 2.85. The maximum Gasteiger partial charge on any atom is 0.226 e. The third-order valence-electron chi connectivity index (χ3n) is 4.32. The summed E-state index contributed by atoms with van der Waals surface area (Å²) in [6, 6.07) is 13.3. The lowest BCUT2D eigenvalue weighted by atomic mass is 10.2. The van der Waals surface area contributed by atoms with Crippen LogP contribution >= 0.6 is 0 Å². The Morgan fingerprint density at radius 3 is 2.80 bits per heavy atom. The van der Waals surface area contributed by atoms with Crippen molar-refractivity contribution in [3.05, 3.63) is 78.3 Å². The first-order valence-corrected chi connectivity index (χ1v) is 9.47. The lowest BCUT2D eigenvalue weighted by molar-refractivity contribution is -0.116. The molecule has 0 radical (unpaired) electrons. The zero-order valence-corrected chi connectivity index (χ0v) is 16.0. The summed E-state index contributed by atoms with van der Waals surface area (Å²) >= 11 is 0. The second-order valence-corrected chi connectivity index (χ2v) is 6.64. The predicted octanol–water partition coefficient (Wildman–Crippen LogP) is 3.48. The molecule has 152 valence electrons. The van der Waals surface area contributed by atoms with Crippen molar-refractivity contribution in [2.45, 2.75) is 25.8 Å². The van der Waals surface area contributed by atoms with Crippen molar-refractivity contribution < 1.29 is 13.7 Å². The van der Waals surface area contributed by atoms with E-state index in [1.165, 1.54) is 12.1 Å². The van der Waals surface area contributed by atoms with Crippen molar-refractivity contribution >= 4 is 11.7 Å². The third kappa shape index (κ3) is 5.13. The molecule has 0 atom stereocenters. The molecule has 3 aromatic heterocycles. The molecular weight excluding hydrogens is 387 g/mol. The quantitative estimate of drug-likeness (QED) is 0.481. The predicted molar refractivity (Wildman–Crippen MR) is 107 cm³/mol. The first-order chi connectivity index (χ1) is 14.7. The van der Waals surface area contributed by atoms with E-state index in [-0.39, 0.29) is 11.7 Å². The average molecular weight is 406 g/mol. The molecular formula is C21H19FN6O2. The van der Waals surface area contributed by atoms with E-state index in [9.17, 15) is 9.18 Å². The molecule has 0 saturated carbocycles. The Labute approximate surface area is 171 Å². The molecule has 1 N–H and O–H groups in total. The molecule has 30 heavy (non-hydrogen) atoms. The number of anilines is 1. The van der Waals surface area contributed by atoms with E-state index < -0.39 is 0 Å². The standard InChI is InChI=1S/C21H19FN6O2/c22-16-9-7-15(8-10-16)21-25-20(30-27-21)6-3-5-19(29)24-18-11-13-28(26-18)14-17-4-1-2-12-23-17/h1-2,4,7-13H,3,5-6,14H2,(H,24,26,29). The van der Waals surface area contributed by atoms with E-state index >= 15 is 0 Å². The molecule has 0 aliphatic heterocycles. The van der Waals surface area contributed by atoms with Gasteiger partial charge in [0, 0.05) is 36.9 Å². The second kappa shape index (κ2) is 9.08. The highest BCUT2D eigenvalue weighted by Crippen LogP contribution is 2.17.